The van der Waals surface area contributed by atoms with Gasteiger partial charge in [0.2, 0.25) is 0 Å². The summed E-state index contributed by atoms with van der Waals surface area (Å²) in [6, 6.07) is 5.47. The zero-order chi connectivity index (χ0) is 11.0. The van der Waals surface area contributed by atoms with Crippen molar-refractivity contribution < 1.29 is 19.1 Å². The van der Waals surface area contributed by atoms with Crippen LogP contribution in [0, 0.1) is 6.92 Å². The summed E-state index contributed by atoms with van der Waals surface area (Å²) < 4.78 is 10.3. The summed E-state index contributed by atoms with van der Waals surface area (Å²) >= 11 is 0. The van der Waals surface area contributed by atoms with Gasteiger partial charge in [0.25, 0.3) is 5.76 Å². The monoisotopic (exact) mass is 206 g/mol. The lowest BCUT2D eigenvalue weighted by molar-refractivity contribution is 0.0660. The molecule has 0 radical (unpaired) electrons. The van der Waals surface area contributed by atoms with Crippen LogP contribution in [0.5, 0.6) is 5.75 Å². The molecule has 0 aliphatic carbocycles. The van der Waals surface area contributed by atoms with E-state index in [1.165, 1.54) is 7.11 Å². The van der Waals surface area contributed by atoms with E-state index < -0.39 is 5.97 Å². The molecule has 1 aromatic heterocycles. The number of hydrogen-bond acceptors (Lipinski definition) is 3. The number of carboxylic acid groups (broad SMARTS) is 1. The second kappa shape index (κ2) is 3.31. The lowest BCUT2D eigenvalue weighted by Crippen LogP contribution is -1.96. The number of methoxy groups -OCH3 is 1. The molecule has 4 nitrogen and oxygen atoms in total. The highest BCUT2D eigenvalue weighted by Crippen LogP contribution is 2.34. The van der Waals surface area contributed by atoms with Crippen molar-refractivity contribution in [2.45, 2.75) is 6.92 Å². The predicted molar refractivity (Wildman–Crippen MR) is 54.5 cm³/mol. The van der Waals surface area contributed by atoms with Crippen LogP contribution < -0.4 is 4.74 Å². The molecule has 0 atom stereocenters. The zero-order valence-corrected chi connectivity index (χ0v) is 8.40. The highest BCUT2D eigenvalue weighted by Gasteiger charge is 2.21. The number of aromatic carboxylic acids is 1. The standard InChI is InChI=1S/C11H10O4/c1-6-4-3-5-7-8(6)15-10(11(12)13)9(7)14-2/h3-5H,1-2H3,(H,12,13). The minimum atomic E-state index is -1.12. The molecule has 0 saturated heterocycles. The first-order valence-corrected chi connectivity index (χ1v) is 4.44. The van der Waals surface area contributed by atoms with Crippen LogP contribution in [0.25, 0.3) is 11.0 Å². The van der Waals surface area contributed by atoms with E-state index in [0.29, 0.717) is 11.0 Å². The van der Waals surface area contributed by atoms with Crippen LogP contribution in [0.2, 0.25) is 0 Å². The van der Waals surface area contributed by atoms with E-state index in [-0.39, 0.29) is 11.5 Å². The largest absolute Gasteiger partial charge is 0.492 e. The molecule has 0 bridgehead atoms. The third-order valence-electron chi connectivity index (χ3n) is 2.27. The van der Waals surface area contributed by atoms with E-state index in [0.717, 1.165) is 5.56 Å². The minimum absolute atomic E-state index is 0.151. The van der Waals surface area contributed by atoms with Crippen molar-refractivity contribution >= 4 is 16.9 Å². The first-order chi connectivity index (χ1) is 7.15. The minimum Gasteiger partial charge on any atom is -0.492 e. The number of carboxylic acids is 1. The average Bonchev–Trinajstić information content (AvgIpc) is 2.57. The highest BCUT2D eigenvalue weighted by atomic mass is 16.5. The SMILES string of the molecule is COc1c(C(=O)O)oc2c(C)cccc12. The van der Waals surface area contributed by atoms with E-state index in [1.54, 1.807) is 6.07 Å². The van der Waals surface area contributed by atoms with Crippen molar-refractivity contribution in [3.05, 3.63) is 29.5 Å². The Labute approximate surface area is 86.1 Å². The highest BCUT2D eigenvalue weighted by molar-refractivity contribution is 5.98. The molecule has 0 unspecified atom stereocenters. The maximum absolute atomic E-state index is 10.9. The molecule has 1 N–H and O–H groups in total. The molecule has 2 rings (SSSR count). The van der Waals surface area contributed by atoms with Crippen LogP contribution in [0.15, 0.2) is 22.6 Å². The van der Waals surface area contributed by atoms with Crippen molar-refractivity contribution in [3.8, 4) is 5.75 Å². The summed E-state index contributed by atoms with van der Waals surface area (Å²) in [4.78, 5) is 10.9. The van der Waals surface area contributed by atoms with Gasteiger partial charge in [-0.15, -0.1) is 0 Å². The number of para-hydroxylation sites is 1. The van der Waals surface area contributed by atoms with Crippen molar-refractivity contribution in [1.29, 1.82) is 0 Å². The molecule has 0 fully saturated rings. The van der Waals surface area contributed by atoms with Gasteiger partial charge in [0.1, 0.15) is 5.58 Å². The van der Waals surface area contributed by atoms with E-state index in [2.05, 4.69) is 0 Å². The van der Waals surface area contributed by atoms with Crippen molar-refractivity contribution in [1.82, 2.24) is 0 Å². The fourth-order valence-electron chi connectivity index (χ4n) is 1.58. The van der Waals surface area contributed by atoms with Gasteiger partial charge in [-0.25, -0.2) is 4.79 Å². The molecular weight excluding hydrogens is 196 g/mol. The first-order valence-electron chi connectivity index (χ1n) is 4.44. The molecular formula is C11H10O4. The Hall–Kier alpha value is -1.97. The zero-order valence-electron chi connectivity index (χ0n) is 8.40. The Bertz CT molecular complexity index is 525. The molecule has 78 valence electrons. The molecule has 0 aliphatic rings. The van der Waals surface area contributed by atoms with Crippen LogP contribution in [-0.2, 0) is 0 Å². The summed E-state index contributed by atoms with van der Waals surface area (Å²) in [6.07, 6.45) is 0. The molecule has 0 amide bonds. The maximum Gasteiger partial charge on any atom is 0.375 e. The quantitative estimate of drug-likeness (QED) is 0.819. The third-order valence-corrected chi connectivity index (χ3v) is 2.27. The number of aryl methyl sites for hydroxylation is 1. The smallest absolute Gasteiger partial charge is 0.375 e. The third kappa shape index (κ3) is 1.34. The topological polar surface area (TPSA) is 59.7 Å². The molecule has 0 saturated carbocycles. The summed E-state index contributed by atoms with van der Waals surface area (Å²) in [5.41, 5.74) is 1.45. The molecule has 15 heavy (non-hydrogen) atoms. The van der Waals surface area contributed by atoms with Gasteiger partial charge in [0.15, 0.2) is 5.75 Å². The lowest BCUT2D eigenvalue weighted by Gasteiger charge is -1.96. The van der Waals surface area contributed by atoms with E-state index >= 15 is 0 Å². The fraction of sp³-hybridized carbons (Fsp3) is 0.182. The van der Waals surface area contributed by atoms with Crippen LogP contribution in [0.1, 0.15) is 16.1 Å². The van der Waals surface area contributed by atoms with Crippen molar-refractivity contribution in [3.63, 3.8) is 0 Å². The van der Waals surface area contributed by atoms with Crippen LogP contribution in [0.3, 0.4) is 0 Å². The summed E-state index contributed by atoms with van der Waals surface area (Å²) in [7, 11) is 1.43. The Kier molecular flexibility index (Phi) is 2.11. The summed E-state index contributed by atoms with van der Waals surface area (Å²) in [5.74, 6) is -0.995. The number of hydrogen-bond donors (Lipinski definition) is 1. The van der Waals surface area contributed by atoms with Gasteiger partial charge in [-0.1, -0.05) is 12.1 Å². The van der Waals surface area contributed by atoms with Crippen molar-refractivity contribution in [2.75, 3.05) is 7.11 Å². The number of carbonyl (C=O) groups is 1. The Morgan fingerprint density at radius 2 is 2.20 bits per heavy atom. The lowest BCUT2D eigenvalue weighted by atomic mass is 10.1. The first kappa shape index (κ1) is 9.58. The van der Waals surface area contributed by atoms with Gasteiger partial charge in [-0.2, -0.15) is 0 Å². The molecule has 0 aliphatic heterocycles. The Morgan fingerprint density at radius 1 is 1.47 bits per heavy atom. The van der Waals surface area contributed by atoms with E-state index in [4.69, 9.17) is 14.3 Å². The summed E-state index contributed by atoms with van der Waals surface area (Å²) in [6.45, 7) is 1.86. The molecule has 1 aromatic carbocycles. The van der Waals surface area contributed by atoms with Crippen LogP contribution in [0.4, 0.5) is 0 Å². The van der Waals surface area contributed by atoms with Crippen LogP contribution >= 0.6 is 0 Å². The predicted octanol–water partition coefficient (Wildman–Crippen LogP) is 2.45. The van der Waals surface area contributed by atoms with Gasteiger partial charge in [0.05, 0.1) is 12.5 Å². The van der Waals surface area contributed by atoms with Gasteiger partial charge in [-0.3, -0.25) is 0 Å². The van der Waals surface area contributed by atoms with E-state index in [1.807, 2.05) is 19.1 Å². The molecule has 1 heterocycles. The summed E-state index contributed by atoms with van der Waals surface area (Å²) in [5, 5.41) is 9.60. The molecule has 0 spiro atoms. The Morgan fingerprint density at radius 3 is 2.80 bits per heavy atom. The fourth-order valence-corrected chi connectivity index (χ4v) is 1.58. The number of benzene rings is 1. The van der Waals surface area contributed by atoms with Gasteiger partial charge < -0.3 is 14.3 Å². The number of fused-ring (bicyclic) bond motifs is 1. The van der Waals surface area contributed by atoms with Gasteiger partial charge in [-0.05, 0) is 18.6 Å². The van der Waals surface area contributed by atoms with Gasteiger partial charge >= 0.3 is 5.97 Å². The average molecular weight is 206 g/mol. The second-order valence-corrected chi connectivity index (χ2v) is 3.22. The molecule has 2 aromatic rings. The second-order valence-electron chi connectivity index (χ2n) is 3.22. The van der Waals surface area contributed by atoms with Crippen LogP contribution in [-0.4, -0.2) is 18.2 Å². The van der Waals surface area contributed by atoms with E-state index in [9.17, 15) is 4.79 Å². The number of ether oxygens (including phenoxy) is 1. The number of furan rings is 1. The Balaban J connectivity index is 2.84. The molecule has 4 heteroatoms. The van der Waals surface area contributed by atoms with Crippen molar-refractivity contribution in [2.24, 2.45) is 0 Å². The normalized spacial score (nSPS) is 10.5. The van der Waals surface area contributed by atoms with Gasteiger partial charge in [0, 0.05) is 0 Å². The number of rotatable bonds is 2. The maximum atomic E-state index is 10.9.